The lowest BCUT2D eigenvalue weighted by atomic mass is 10.2. The van der Waals surface area contributed by atoms with Gasteiger partial charge in [0.25, 0.3) is 0 Å². The number of Topliss-reactive ketones (excluding diaryl/α,β-unsaturated/α-hetero) is 2. The van der Waals surface area contributed by atoms with Gasteiger partial charge in [-0.3, -0.25) is 9.59 Å². The normalized spacial score (nSPS) is 59.1. The summed E-state index contributed by atoms with van der Waals surface area (Å²) in [6, 6.07) is 0. The van der Waals surface area contributed by atoms with E-state index in [-0.39, 0.29) is 28.8 Å². The molecular weight excluding hydrogens is 116 g/mol. The van der Waals surface area contributed by atoms with Gasteiger partial charge in [0.2, 0.25) is 11.6 Å². The SMILES string of the molecule is O=C1C(=O)[C@@H]2CC23C[C@@H]13. The highest BCUT2D eigenvalue weighted by Crippen LogP contribution is 2.79. The second-order valence-electron chi connectivity index (χ2n) is 3.48. The van der Waals surface area contributed by atoms with E-state index in [1.165, 1.54) is 0 Å². The predicted octanol–water partition coefficient (Wildman–Crippen LogP) is 0.164. The lowest BCUT2D eigenvalue weighted by Gasteiger charge is -1.86. The minimum absolute atomic E-state index is 0.0637. The first-order chi connectivity index (χ1) is 4.26. The van der Waals surface area contributed by atoms with E-state index in [1.807, 2.05) is 0 Å². The second-order valence-corrected chi connectivity index (χ2v) is 3.48. The zero-order valence-corrected chi connectivity index (χ0v) is 4.89. The van der Waals surface area contributed by atoms with E-state index in [9.17, 15) is 9.59 Å². The smallest absolute Gasteiger partial charge is 0.202 e. The van der Waals surface area contributed by atoms with Crippen molar-refractivity contribution in [2.24, 2.45) is 17.3 Å². The van der Waals surface area contributed by atoms with Crippen molar-refractivity contribution < 1.29 is 9.59 Å². The topological polar surface area (TPSA) is 34.1 Å². The van der Waals surface area contributed by atoms with Crippen molar-refractivity contribution in [3.05, 3.63) is 0 Å². The third-order valence-corrected chi connectivity index (χ3v) is 3.11. The van der Waals surface area contributed by atoms with E-state index in [0.717, 1.165) is 12.8 Å². The summed E-state index contributed by atoms with van der Waals surface area (Å²) in [5.74, 6) is 0.252. The molecule has 2 heteroatoms. The molecule has 0 radical (unpaired) electrons. The first-order valence-electron chi connectivity index (χ1n) is 3.34. The van der Waals surface area contributed by atoms with Crippen molar-refractivity contribution in [1.82, 2.24) is 0 Å². The maximum absolute atomic E-state index is 10.8. The first-order valence-corrected chi connectivity index (χ1v) is 3.34. The van der Waals surface area contributed by atoms with Crippen LogP contribution < -0.4 is 0 Å². The minimum Gasteiger partial charge on any atom is -0.291 e. The summed E-state index contributed by atoms with van der Waals surface area (Å²) < 4.78 is 0. The fourth-order valence-corrected chi connectivity index (χ4v) is 2.30. The van der Waals surface area contributed by atoms with Crippen LogP contribution in [0, 0.1) is 17.3 Å². The molecule has 3 fully saturated rings. The molecule has 9 heavy (non-hydrogen) atoms. The molecule has 0 aromatic carbocycles. The van der Waals surface area contributed by atoms with Crippen molar-refractivity contribution in [2.45, 2.75) is 12.8 Å². The van der Waals surface area contributed by atoms with E-state index < -0.39 is 0 Å². The first kappa shape index (κ1) is 4.20. The fourth-order valence-electron chi connectivity index (χ4n) is 2.30. The maximum Gasteiger partial charge on any atom is 0.202 e. The molecule has 0 aromatic heterocycles. The van der Waals surface area contributed by atoms with Crippen molar-refractivity contribution in [2.75, 3.05) is 0 Å². The third-order valence-electron chi connectivity index (χ3n) is 3.11. The molecular formula is C7H6O2. The van der Waals surface area contributed by atoms with Crippen molar-refractivity contribution in [3.63, 3.8) is 0 Å². The molecule has 0 saturated heterocycles. The highest BCUT2D eigenvalue weighted by atomic mass is 16.2. The van der Waals surface area contributed by atoms with Crippen molar-refractivity contribution in [3.8, 4) is 0 Å². The van der Waals surface area contributed by atoms with Crippen molar-refractivity contribution in [1.29, 1.82) is 0 Å². The van der Waals surface area contributed by atoms with Gasteiger partial charge in [-0.1, -0.05) is 0 Å². The van der Waals surface area contributed by atoms with Crippen LogP contribution in [0.3, 0.4) is 0 Å². The third kappa shape index (κ3) is 0.243. The van der Waals surface area contributed by atoms with Crippen LogP contribution in [0.2, 0.25) is 0 Å². The van der Waals surface area contributed by atoms with Gasteiger partial charge in [-0.2, -0.15) is 0 Å². The molecule has 3 aliphatic carbocycles. The van der Waals surface area contributed by atoms with Crippen LogP contribution in [-0.2, 0) is 9.59 Å². The van der Waals surface area contributed by atoms with Crippen molar-refractivity contribution >= 4 is 11.6 Å². The van der Waals surface area contributed by atoms with E-state index in [4.69, 9.17) is 0 Å². The summed E-state index contributed by atoms with van der Waals surface area (Å²) >= 11 is 0. The summed E-state index contributed by atoms with van der Waals surface area (Å²) in [5.41, 5.74) is 0.272. The molecule has 0 amide bonds. The van der Waals surface area contributed by atoms with Gasteiger partial charge < -0.3 is 0 Å². The van der Waals surface area contributed by atoms with Gasteiger partial charge in [-0.15, -0.1) is 0 Å². The van der Waals surface area contributed by atoms with E-state index in [0.29, 0.717) is 0 Å². The van der Waals surface area contributed by atoms with Gasteiger partial charge in [0.1, 0.15) is 0 Å². The van der Waals surface area contributed by atoms with Gasteiger partial charge in [-0.25, -0.2) is 0 Å². The van der Waals surface area contributed by atoms with Crippen LogP contribution in [0.15, 0.2) is 0 Å². The second kappa shape index (κ2) is 0.789. The molecule has 0 heterocycles. The highest BCUT2D eigenvalue weighted by molar-refractivity contribution is 6.44. The summed E-state index contributed by atoms with van der Waals surface area (Å²) in [6.45, 7) is 0. The Hall–Kier alpha value is -0.660. The van der Waals surface area contributed by atoms with Crippen LogP contribution >= 0.6 is 0 Å². The van der Waals surface area contributed by atoms with Crippen LogP contribution in [-0.4, -0.2) is 11.6 Å². The zero-order valence-electron chi connectivity index (χ0n) is 4.89. The summed E-state index contributed by atoms with van der Waals surface area (Å²) in [5, 5.41) is 0. The van der Waals surface area contributed by atoms with Gasteiger partial charge in [0, 0.05) is 11.8 Å². The molecule has 2 atom stereocenters. The van der Waals surface area contributed by atoms with E-state index in [1.54, 1.807) is 0 Å². The quantitative estimate of drug-likeness (QED) is 0.429. The molecule has 1 spiro atoms. The Balaban J connectivity index is 2.17. The minimum atomic E-state index is -0.0637. The Morgan fingerprint density at radius 3 is 1.78 bits per heavy atom. The molecule has 0 bridgehead atoms. The fraction of sp³-hybridized carbons (Fsp3) is 0.714. The lowest BCUT2D eigenvalue weighted by molar-refractivity contribution is -0.136. The summed E-state index contributed by atoms with van der Waals surface area (Å²) in [7, 11) is 0. The summed E-state index contributed by atoms with van der Waals surface area (Å²) in [6.07, 6.45) is 2.06. The molecule has 3 aliphatic rings. The van der Waals surface area contributed by atoms with Gasteiger partial charge in [-0.05, 0) is 18.3 Å². The number of rotatable bonds is 0. The number of carbonyl (C=O) groups is 2. The molecule has 3 saturated carbocycles. The maximum atomic E-state index is 10.8. The Labute approximate surface area is 52.2 Å². The van der Waals surface area contributed by atoms with E-state index in [2.05, 4.69) is 0 Å². The van der Waals surface area contributed by atoms with Gasteiger partial charge in [0.15, 0.2) is 0 Å². The van der Waals surface area contributed by atoms with Crippen LogP contribution in [0.1, 0.15) is 12.8 Å². The van der Waals surface area contributed by atoms with Gasteiger partial charge in [0.05, 0.1) is 0 Å². The molecule has 2 nitrogen and oxygen atoms in total. The van der Waals surface area contributed by atoms with E-state index >= 15 is 0 Å². The van der Waals surface area contributed by atoms with Crippen LogP contribution in [0.5, 0.6) is 0 Å². The molecule has 0 aliphatic heterocycles. The average molecular weight is 122 g/mol. The Bertz CT molecular complexity index is 215. The predicted molar refractivity (Wildman–Crippen MR) is 28.7 cm³/mol. The Kier molecular flexibility index (Phi) is 0.368. The lowest BCUT2D eigenvalue weighted by Crippen LogP contribution is -2.12. The largest absolute Gasteiger partial charge is 0.291 e. The van der Waals surface area contributed by atoms with Gasteiger partial charge >= 0.3 is 0 Å². The standard InChI is InChI=1S/C7H6O2/c8-5-3-1-7(3)2-4(7)6(5)9/h3-4H,1-2H2/t3-,4-,7?/m0/s1. The molecule has 46 valence electrons. The molecule has 3 rings (SSSR count). The summed E-state index contributed by atoms with van der Waals surface area (Å²) in [4.78, 5) is 21.7. The molecule has 0 aromatic rings. The molecule has 0 unspecified atom stereocenters. The number of carbonyl (C=O) groups excluding carboxylic acids is 2. The van der Waals surface area contributed by atoms with Crippen LogP contribution in [0.25, 0.3) is 0 Å². The Morgan fingerprint density at radius 1 is 1.11 bits per heavy atom. The van der Waals surface area contributed by atoms with Crippen LogP contribution in [0.4, 0.5) is 0 Å². The number of hydrogen-bond acceptors (Lipinski definition) is 2. The number of hydrogen-bond donors (Lipinski definition) is 0. The average Bonchev–Trinajstić information content (AvgIpc) is 2.66. The number of ketones is 2. The monoisotopic (exact) mass is 122 g/mol. The molecule has 0 N–H and O–H groups in total. The Morgan fingerprint density at radius 2 is 1.56 bits per heavy atom. The highest BCUT2D eigenvalue weighted by Gasteiger charge is 2.81. The zero-order chi connectivity index (χ0) is 6.22.